The second-order valence-corrected chi connectivity index (χ2v) is 4.93. The molecule has 0 aromatic heterocycles. The monoisotopic (exact) mass is 277 g/mol. The summed E-state index contributed by atoms with van der Waals surface area (Å²) in [7, 11) is 0. The van der Waals surface area contributed by atoms with Gasteiger partial charge < -0.3 is 10.5 Å². The van der Waals surface area contributed by atoms with Gasteiger partial charge in [-0.1, -0.05) is 12.1 Å². The highest BCUT2D eigenvalue weighted by Crippen LogP contribution is 2.31. The highest BCUT2D eigenvalue weighted by Gasteiger charge is 2.06. The van der Waals surface area contributed by atoms with Crippen molar-refractivity contribution in [2.75, 3.05) is 12.8 Å². The van der Waals surface area contributed by atoms with Crippen LogP contribution < -0.4 is 10.5 Å². The first-order valence-corrected chi connectivity index (χ1v) is 7.26. The number of rotatable bonds is 5. The summed E-state index contributed by atoms with van der Waals surface area (Å²) in [6, 6.07) is 12.4. The van der Waals surface area contributed by atoms with E-state index in [0.717, 1.165) is 16.2 Å². The summed E-state index contributed by atoms with van der Waals surface area (Å²) in [4.78, 5) is 1.02. The number of hydrogen-bond donors (Lipinski definition) is 1. The standard InChI is InChI=1S/C15H16FNOS/c1-19-15-5-3-2-4-14(15)18-13-9-11(6-7-17)8-12(16)10-13/h2-5,8-10H,6-7,17H2,1H3. The van der Waals surface area contributed by atoms with Crippen molar-refractivity contribution in [3.63, 3.8) is 0 Å². The van der Waals surface area contributed by atoms with Crippen molar-refractivity contribution in [3.8, 4) is 11.5 Å². The summed E-state index contributed by atoms with van der Waals surface area (Å²) in [6.07, 6.45) is 2.62. The van der Waals surface area contributed by atoms with Gasteiger partial charge in [-0.2, -0.15) is 0 Å². The molecular formula is C15H16FNOS. The van der Waals surface area contributed by atoms with E-state index in [1.807, 2.05) is 36.6 Å². The third kappa shape index (κ3) is 3.72. The Bertz CT molecular complexity index is 560. The molecule has 0 unspecified atom stereocenters. The first-order valence-electron chi connectivity index (χ1n) is 6.03. The van der Waals surface area contributed by atoms with Gasteiger partial charge in [-0.3, -0.25) is 0 Å². The summed E-state index contributed by atoms with van der Waals surface area (Å²) < 4.78 is 19.3. The summed E-state index contributed by atoms with van der Waals surface area (Å²) in [5.74, 6) is 0.937. The summed E-state index contributed by atoms with van der Waals surface area (Å²) in [5, 5.41) is 0. The summed E-state index contributed by atoms with van der Waals surface area (Å²) in [5.41, 5.74) is 6.34. The molecule has 2 rings (SSSR count). The second kappa shape index (κ2) is 6.59. The van der Waals surface area contributed by atoms with Crippen LogP contribution in [0, 0.1) is 5.82 Å². The maximum atomic E-state index is 13.5. The number of hydrogen-bond acceptors (Lipinski definition) is 3. The lowest BCUT2D eigenvalue weighted by molar-refractivity contribution is 0.465. The normalized spacial score (nSPS) is 10.5. The molecule has 2 N–H and O–H groups in total. The Labute approximate surface area is 116 Å². The molecule has 4 heteroatoms. The average Bonchev–Trinajstić information content (AvgIpc) is 2.39. The molecule has 2 aromatic rings. The second-order valence-electron chi connectivity index (χ2n) is 4.09. The molecule has 0 amide bonds. The Morgan fingerprint density at radius 1 is 1.21 bits per heavy atom. The van der Waals surface area contributed by atoms with Crippen LogP contribution in [-0.4, -0.2) is 12.8 Å². The van der Waals surface area contributed by atoms with E-state index in [9.17, 15) is 4.39 Å². The van der Waals surface area contributed by atoms with Crippen molar-refractivity contribution in [2.45, 2.75) is 11.3 Å². The minimum atomic E-state index is -0.303. The fourth-order valence-corrected chi connectivity index (χ4v) is 2.35. The van der Waals surface area contributed by atoms with E-state index in [1.54, 1.807) is 11.8 Å². The molecule has 2 aromatic carbocycles. The SMILES string of the molecule is CSc1ccccc1Oc1cc(F)cc(CCN)c1. The Morgan fingerprint density at radius 2 is 2.00 bits per heavy atom. The number of ether oxygens (including phenoxy) is 1. The molecule has 0 spiro atoms. The van der Waals surface area contributed by atoms with Crippen molar-refractivity contribution in [1.82, 2.24) is 0 Å². The maximum Gasteiger partial charge on any atom is 0.140 e. The van der Waals surface area contributed by atoms with Crippen LogP contribution in [0.2, 0.25) is 0 Å². The van der Waals surface area contributed by atoms with E-state index in [4.69, 9.17) is 10.5 Å². The molecule has 0 saturated carbocycles. The van der Waals surface area contributed by atoms with Gasteiger partial charge in [-0.15, -0.1) is 11.8 Å². The molecule has 0 bridgehead atoms. The highest BCUT2D eigenvalue weighted by molar-refractivity contribution is 7.98. The number of thioether (sulfide) groups is 1. The van der Waals surface area contributed by atoms with Crippen molar-refractivity contribution in [2.24, 2.45) is 5.73 Å². The van der Waals surface area contributed by atoms with E-state index >= 15 is 0 Å². The third-order valence-corrected chi connectivity index (χ3v) is 3.44. The molecule has 2 nitrogen and oxygen atoms in total. The Hall–Kier alpha value is -1.52. The zero-order chi connectivity index (χ0) is 13.7. The molecule has 0 aliphatic carbocycles. The van der Waals surface area contributed by atoms with Crippen molar-refractivity contribution in [1.29, 1.82) is 0 Å². The van der Waals surface area contributed by atoms with Crippen LogP contribution >= 0.6 is 11.8 Å². The number of halogens is 1. The molecule has 0 fully saturated rings. The largest absolute Gasteiger partial charge is 0.456 e. The molecule has 0 heterocycles. The minimum Gasteiger partial charge on any atom is -0.456 e. The molecule has 0 saturated heterocycles. The van der Waals surface area contributed by atoms with Gasteiger partial charge in [0.15, 0.2) is 0 Å². The number of para-hydroxylation sites is 1. The zero-order valence-corrected chi connectivity index (χ0v) is 11.5. The van der Waals surface area contributed by atoms with E-state index < -0.39 is 0 Å². The first-order chi connectivity index (χ1) is 9.22. The van der Waals surface area contributed by atoms with Crippen molar-refractivity contribution in [3.05, 3.63) is 53.8 Å². The minimum absolute atomic E-state index is 0.303. The average molecular weight is 277 g/mol. The van der Waals surface area contributed by atoms with Gasteiger partial charge in [0, 0.05) is 11.0 Å². The van der Waals surface area contributed by atoms with Gasteiger partial charge >= 0.3 is 0 Å². The Kier molecular flexibility index (Phi) is 4.82. The Balaban J connectivity index is 2.27. The lowest BCUT2D eigenvalue weighted by Gasteiger charge is -2.10. The van der Waals surface area contributed by atoms with E-state index in [0.29, 0.717) is 18.7 Å². The molecular weight excluding hydrogens is 261 g/mol. The maximum absolute atomic E-state index is 13.5. The topological polar surface area (TPSA) is 35.2 Å². The molecule has 0 aliphatic rings. The quantitative estimate of drug-likeness (QED) is 0.843. The lowest BCUT2D eigenvalue weighted by Crippen LogP contribution is -2.03. The van der Waals surface area contributed by atoms with Gasteiger partial charge in [0.25, 0.3) is 0 Å². The highest BCUT2D eigenvalue weighted by atomic mass is 32.2. The van der Waals surface area contributed by atoms with Gasteiger partial charge in [-0.05, 0) is 49.1 Å². The van der Waals surface area contributed by atoms with Crippen LogP contribution in [-0.2, 0) is 6.42 Å². The van der Waals surface area contributed by atoms with Crippen molar-refractivity contribution >= 4 is 11.8 Å². The fraction of sp³-hybridized carbons (Fsp3) is 0.200. The van der Waals surface area contributed by atoms with Crippen LogP contribution in [0.15, 0.2) is 47.4 Å². The van der Waals surface area contributed by atoms with Crippen LogP contribution in [0.4, 0.5) is 4.39 Å². The predicted molar refractivity (Wildman–Crippen MR) is 77.5 cm³/mol. The van der Waals surface area contributed by atoms with E-state index in [2.05, 4.69) is 0 Å². The third-order valence-electron chi connectivity index (χ3n) is 2.66. The first kappa shape index (κ1) is 13.9. The molecule has 100 valence electrons. The van der Waals surface area contributed by atoms with Gasteiger partial charge in [-0.25, -0.2) is 4.39 Å². The molecule has 0 radical (unpaired) electrons. The van der Waals surface area contributed by atoms with Crippen molar-refractivity contribution < 1.29 is 9.13 Å². The molecule has 0 aliphatic heterocycles. The van der Waals surface area contributed by atoms with Crippen LogP contribution in [0.1, 0.15) is 5.56 Å². The van der Waals surface area contributed by atoms with Crippen LogP contribution in [0.5, 0.6) is 11.5 Å². The van der Waals surface area contributed by atoms with E-state index in [-0.39, 0.29) is 5.82 Å². The van der Waals surface area contributed by atoms with Gasteiger partial charge in [0.1, 0.15) is 17.3 Å². The molecule has 19 heavy (non-hydrogen) atoms. The van der Waals surface area contributed by atoms with Gasteiger partial charge in [0.05, 0.1) is 0 Å². The summed E-state index contributed by atoms with van der Waals surface area (Å²) in [6.45, 7) is 0.490. The summed E-state index contributed by atoms with van der Waals surface area (Å²) >= 11 is 1.59. The van der Waals surface area contributed by atoms with Gasteiger partial charge in [0.2, 0.25) is 0 Å². The molecule has 0 atom stereocenters. The Morgan fingerprint density at radius 3 is 2.74 bits per heavy atom. The van der Waals surface area contributed by atoms with E-state index in [1.165, 1.54) is 12.1 Å². The smallest absolute Gasteiger partial charge is 0.140 e. The predicted octanol–water partition coefficient (Wildman–Crippen LogP) is 3.84. The zero-order valence-electron chi connectivity index (χ0n) is 10.7. The number of benzene rings is 2. The fourth-order valence-electron chi connectivity index (χ4n) is 1.82. The lowest BCUT2D eigenvalue weighted by atomic mass is 10.1. The van der Waals surface area contributed by atoms with Crippen LogP contribution in [0.3, 0.4) is 0 Å². The number of nitrogens with two attached hydrogens (primary N) is 1. The van der Waals surface area contributed by atoms with Crippen LogP contribution in [0.25, 0.3) is 0 Å².